The van der Waals surface area contributed by atoms with E-state index in [0.717, 1.165) is 22.5 Å². The van der Waals surface area contributed by atoms with Gasteiger partial charge in [0.25, 0.3) is 5.91 Å². The van der Waals surface area contributed by atoms with Crippen LogP contribution in [-0.4, -0.2) is 60.8 Å². The van der Waals surface area contributed by atoms with Crippen LogP contribution in [0.15, 0.2) is 23.1 Å². The highest BCUT2D eigenvalue weighted by atomic mass is 35.5. The predicted molar refractivity (Wildman–Crippen MR) is 83.7 cm³/mol. The van der Waals surface area contributed by atoms with E-state index in [1.165, 1.54) is 7.05 Å². The highest BCUT2D eigenvalue weighted by Gasteiger charge is 2.55. The molecule has 0 fully saturated rings. The first-order valence-corrected chi connectivity index (χ1v) is 8.54. The van der Waals surface area contributed by atoms with Gasteiger partial charge in [0.05, 0.1) is 22.2 Å². The maximum Gasteiger partial charge on any atom is 0.426 e. The van der Waals surface area contributed by atoms with Gasteiger partial charge in [-0.2, -0.15) is 17.5 Å². The van der Waals surface area contributed by atoms with Gasteiger partial charge in [-0.15, -0.1) is 0 Å². The zero-order valence-electron chi connectivity index (χ0n) is 13.1. The summed E-state index contributed by atoms with van der Waals surface area (Å²) in [7, 11) is -2.76. The topological polar surface area (TPSA) is 107 Å². The van der Waals surface area contributed by atoms with Crippen molar-refractivity contribution >= 4 is 33.2 Å². The molecular formula is C13H16ClF3N2O5S. The molecule has 0 bridgehead atoms. The number of aliphatic hydroxyl groups excluding tert-OH is 1. The van der Waals surface area contributed by atoms with Gasteiger partial charge < -0.3 is 15.5 Å². The third-order valence-electron chi connectivity index (χ3n) is 3.31. The molecule has 0 radical (unpaired) electrons. The second kappa shape index (κ2) is 7.46. The number of aliphatic hydroxyl groups is 2. The summed E-state index contributed by atoms with van der Waals surface area (Å²) in [5, 5.41) is 19.5. The molecule has 1 aromatic carbocycles. The molecule has 1 unspecified atom stereocenters. The monoisotopic (exact) mass is 404 g/mol. The maximum absolute atomic E-state index is 12.6. The first-order chi connectivity index (χ1) is 11.2. The van der Waals surface area contributed by atoms with Crippen LogP contribution in [0.25, 0.3) is 0 Å². The lowest BCUT2D eigenvalue weighted by Gasteiger charge is -2.25. The van der Waals surface area contributed by atoms with Gasteiger partial charge in [-0.1, -0.05) is 11.6 Å². The molecule has 0 saturated carbocycles. The summed E-state index contributed by atoms with van der Waals surface area (Å²) in [6, 6.07) is 2.95. The Morgan fingerprint density at radius 1 is 1.36 bits per heavy atom. The molecule has 3 N–H and O–H groups in total. The minimum atomic E-state index is -5.21. The fourth-order valence-electron chi connectivity index (χ4n) is 1.57. The van der Waals surface area contributed by atoms with Crippen molar-refractivity contribution in [1.82, 2.24) is 4.31 Å². The molecule has 0 spiro atoms. The number of carbonyl (C=O) groups excluding carboxylic acids is 1. The molecule has 1 aromatic rings. The van der Waals surface area contributed by atoms with Crippen LogP contribution in [-0.2, 0) is 14.8 Å². The van der Waals surface area contributed by atoms with Crippen LogP contribution < -0.4 is 5.32 Å². The molecule has 0 saturated heterocycles. The summed E-state index contributed by atoms with van der Waals surface area (Å²) < 4.78 is 63.1. The van der Waals surface area contributed by atoms with Crippen LogP contribution >= 0.6 is 11.6 Å². The normalized spacial score (nSPS) is 15.1. The van der Waals surface area contributed by atoms with Gasteiger partial charge in [-0.25, -0.2) is 8.42 Å². The minimum absolute atomic E-state index is 0.174. The lowest BCUT2D eigenvalue weighted by atomic mass is 10.1. The Hall–Kier alpha value is -1.40. The number of rotatable bonds is 6. The number of hydrogen-bond donors (Lipinski definition) is 3. The van der Waals surface area contributed by atoms with Crippen LogP contribution in [0.5, 0.6) is 0 Å². The first kappa shape index (κ1) is 21.6. The molecule has 1 rings (SSSR count). The molecule has 0 aliphatic heterocycles. The summed E-state index contributed by atoms with van der Waals surface area (Å²) >= 11 is 5.82. The van der Waals surface area contributed by atoms with Crippen molar-refractivity contribution in [3.05, 3.63) is 23.2 Å². The second-order valence-electron chi connectivity index (χ2n) is 5.22. The summed E-state index contributed by atoms with van der Waals surface area (Å²) in [4.78, 5) is 11.3. The number of anilines is 1. The van der Waals surface area contributed by atoms with Crippen molar-refractivity contribution in [1.29, 1.82) is 0 Å². The number of likely N-dealkylation sites (N-methyl/N-ethyl adjacent to an activating group) is 1. The molecule has 142 valence electrons. The van der Waals surface area contributed by atoms with E-state index in [0.29, 0.717) is 0 Å². The summed E-state index contributed by atoms with van der Waals surface area (Å²) in [5.41, 5.74) is -3.96. The third kappa shape index (κ3) is 4.61. The van der Waals surface area contributed by atoms with E-state index in [2.05, 4.69) is 0 Å². The van der Waals surface area contributed by atoms with Crippen molar-refractivity contribution in [3.8, 4) is 0 Å². The van der Waals surface area contributed by atoms with Crippen LogP contribution in [0.3, 0.4) is 0 Å². The van der Waals surface area contributed by atoms with Crippen molar-refractivity contribution in [2.75, 3.05) is 25.5 Å². The SMILES string of the molecule is CN(CCO)S(=O)(=O)c1ccc(NC(=O)C(C)(O)C(F)(F)F)c(Cl)c1. The highest BCUT2D eigenvalue weighted by molar-refractivity contribution is 7.89. The number of halogens is 4. The molecule has 25 heavy (non-hydrogen) atoms. The molecule has 1 atom stereocenters. The average molecular weight is 405 g/mol. The van der Waals surface area contributed by atoms with E-state index >= 15 is 0 Å². The van der Waals surface area contributed by atoms with Crippen molar-refractivity contribution < 1.29 is 36.6 Å². The van der Waals surface area contributed by atoms with Gasteiger partial charge >= 0.3 is 6.18 Å². The molecule has 12 heteroatoms. The van der Waals surface area contributed by atoms with Crippen LogP contribution in [0.2, 0.25) is 5.02 Å². The van der Waals surface area contributed by atoms with E-state index in [-0.39, 0.29) is 29.1 Å². The van der Waals surface area contributed by atoms with E-state index in [1.54, 1.807) is 5.32 Å². The Bertz CT molecular complexity index is 753. The van der Waals surface area contributed by atoms with E-state index in [1.807, 2.05) is 0 Å². The third-order valence-corrected chi connectivity index (χ3v) is 5.47. The number of carbonyl (C=O) groups is 1. The minimum Gasteiger partial charge on any atom is -0.395 e. The quantitative estimate of drug-likeness (QED) is 0.660. The highest BCUT2D eigenvalue weighted by Crippen LogP contribution is 2.33. The molecule has 0 heterocycles. The predicted octanol–water partition coefficient (Wildman–Crippen LogP) is 1.20. The second-order valence-corrected chi connectivity index (χ2v) is 7.67. The van der Waals surface area contributed by atoms with Crippen molar-refractivity contribution in [3.63, 3.8) is 0 Å². The Morgan fingerprint density at radius 3 is 2.36 bits per heavy atom. The molecule has 1 amide bonds. The van der Waals surface area contributed by atoms with Gasteiger partial charge in [0.15, 0.2) is 0 Å². The van der Waals surface area contributed by atoms with Crippen LogP contribution in [0.4, 0.5) is 18.9 Å². The Labute approximate surface area is 147 Å². The van der Waals surface area contributed by atoms with E-state index in [9.17, 15) is 31.5 Å². The zero-order valence-corrected chi connectivity index (χ0v) is 14.7. The number of nitrogens with zero attached hydrogens (tertiary/aromatic N) is 1. The van der Waals surface area contributed by atoms with E-state index in [4.69, 9.17) is 16.7 Å². The zero-order chi connectivity index (χ0) is 19.6. The largest absolute Gasteiger partial charge is 0.426 e. The Morgan fingerprint density at radius 2 is 1.92 bits per heavy atom. The number of alkyl halides is 3. The van der Waals surface area contributed by atoms with Gasteiger partial charge in [-0.3, -0.25) is 4.79 Å². The average Bonchev–Trinajstić information content (AvgIpc) is 2.48. The van der Waals surface area contributed by atoms with E-state index < -0.39 is 34.3 Å². The first-order valence-electron chi connectivity index (χ1n) is 6.72. The summed E-state index contributed by atoms with van der Waals surface area (Å²) in [6.07, 6.45) is -5.21. The van der Waals surface area contributed by atoms with Crippen molar-refractivity contribution in [2.45, 2.75) is 23.6 Å². The molecular weight excluding hydrogens is 389 g/mol. The Balaban J connectivity index is 3.11. The fraction of sp³-hybridized carbons (Fsp3) is 0.462. The number of nitrogens with one attached hydrogen (secondary N) is 1. The summed E-state index contributed by atoms with van der Waals surface area (Å²) in [5.74, 6) is -1.77. The standard InChI is InChI=1S/C13H16ClF3N2O5S/c1-12(22,13(15,16)17)11(21)18-10-4-3-8(7-9(10)14)25(23,24)19(2)5-6-20/h3-4,7,20,22H,5-6H2,1-2H3,(H,18,21). The summed E-state index contributed by atoms with van der Waals surface area (Å²) in [6.45, 7) is -0.310. The van der Waals surface area contributed by atoms with Crippen LogP contribution in [0.1, 0.15) is 6.92 Å². The molecule has 7 nitrogen and oxygen atoms in total. The number of hydrogen-bond acceptors (Lipinski definition) is 5. The van der Waals surface area contributed by atoms with Crippen molar-refractivity contribution in [2.24, 2.45) is 0 Å². The number of amides is 1. The maximum atomic E-state index is 12.6. The van der Waals surface area contributed by atoms with Gasteiger partial charge in [0.2, 0.25) is 15.6 Å². The molecule has 0 aromatic heterocycles. The van der Waals surface area contributed by atoms with Gasteiger partial charge in [0, 0.05) is 13.6 Å². The smallest absolute Gasteiger partial charge is 0.395 e. The molecule has 0 aliphatic carbocycles. The number of benzene rings is 1. The molecule has 0 aliphatic rings. The van der Waals surface area contributed by atoms with Gasteiger partial charge in [-0.05, 0) is 25.1 Å². The fourth-order valence-corrected chi connectivity index (χ4v) is 3.05. The lowest BCUT2D eigenvalue weighted by Crippen LogP contribution is -2.52. The Kier molecular flexibility index (Phi) is 6.46. The van der Waals surface area contributed by atoms with Crippen LogP contribution in [0, 0.1) is 0 Å². The van der Waals surface area contributed by atoms with Gasteiger partial charge in [0.1, 0.15) is 0 Å². The number of sulfonamides is 1. The lowest BCUT2D eigenvalue weighted by molar-refractivity contribution is -0.242.